The predicted molar refractivity (Wildman–Crippen MR) is 92.9 cm³/mol. The van der Waals surface area contributed by atoms with Gasteiger partial charge >= 0.3 is 0 Å². The second kappa shape index (κ2) is 7.15. The van der Waals surface area contributed by atoms with Crippen LogP contribution in [0.3, 0.4) is 0 Å². The third kappa shape index (κ3) is 4.01. The number of hydrogen-bond acceptors (Lipinski definition) is 4. The molecule has 2 aromatic rings. The predicted octanol–water partition coefficient (Wildman–Crippen LogP) is 2.99. The summed E-state index contributed by atoms with van der Waals surface area (Å²) in [5.41, 5.74) is 3.25. The van der Waals surface area contributed by atoms with E-state index in [1.807, 2.05) is 26.0 Å². The van der Waals surface area contributed by atoms with Gasteiger partial charge in [0.25, 0.3) is 0 Å². The second-order valence-corrected chi connectivity index (χ2v) is 7.45. The number of carbonyl (C=O) groups is 1. The molecule has 5 nitrogen and oxygen atoms in total. The number of carbonyl (C=O) groups excluding carboxylic acids is 1. The van der Waals surface area contributed by atoms with Crippen LogP contribution in [-0.2, 0) is 16.6 Å². The molecule has 0 amide bonds. The van der Waals surface area contributed by atoms with Crippen LogP contribution in [0.5, 0.6) is 5.75 Å². The maximum absolute atomic E-state index is 12.4. The number of rotatable bonds is 6. The summed E-state index contributed by atoms with van der Waals surface area (Å²) < 4.78 is 32.8. The summed E-state index contributed by atoms with van der Waals surface area (Å²) in [7, 11) is -2.10. The quantitative estimate of drug-likeness (QED) is 0.816. The van der Waals surface area contributed by atoms with E-state index in [0.29, 0.717) is 11.3 Å². The molecule has 0 atom stereocenters. The Morgan fingerprint density at radius 2 is 1.75 bits per heavy atom. The van der Waals surface area contributed by atoms with Crippen molar-refractivity contribution in [3.63, 3.8) is 0 Å². The highest BCUT2D eigenvalue weighted by molar-refractivity contribution is 7.89. The first-order valence-electron chi connectivity index (χ1n) is 7.49. The summed E-state index contributed by atoms with van der Waals surface area (Å²) in [5, 5.41) is 0. The lowest BCUT2D eigenvalue weighted by molar-refractivity contribution is 0.101. The number of nitrogens with one attached hydrogen (secondary N) is 1. The lowest BCUT2D eigenvalue weighted by Gasteiger charge is -2.14. The Bertz CT molecular complexity index is 855. The van der Waals surface area contributed by atoms with Crippen LogP contribution in [0, 0.1) is 13.8 Å². The van der Waals surface area contributed by atoms with Crippen LogP contribution >= 0.6 is 0 Å². The molecular formula is C18H21NO4S. The van der Waals surface area contributed by atoms with Crippen molar-refractivity contribution in [2.24, 2.45) is 0 Å². The average molecular weight is 347 g/mol. The Morgan fingerprint density at radius 3 is 2.29 bits per heavy atom. The number of methoxy groups -OCH3 is 1. The van der Waals surface area contributed by atoms with E-state index in [-0.39, 0.29) is 17.2 Å². The highest BCUT2D eigenvalue weighted by atomic mass is 32.2. The molecule has 0 fully saturated rings. The van der Waals surface area contributed by atoms with Crippen LogP contribution in [0.1, 0.15) is 34.0 Å². The molecule has 0 aliphatic carbocycles. The van der Waals surface area contributed by atoms with E-state index >= 15 is 0 Å². The van der Waals surface area contributed by atoms with Crippen molar-refractivity contribution in [2.45, 2.75) is 32.2 Å². The molecule has 0 radical (unpaired) electrons. The van der Waals surface area contributed by atoms with Crippen LogP contribution in [0.25, 0.3) is 0 Å². The molecule has 0 aromatic heterocycles. The summed E-state index contributed by atoms with van der Waals surface area (Å²) in [5.74, 6) is 0.571. The van der Waals surface area contributed by atoms with Gasteiger partial charge in [-0.2, -0.15) is 0 Å². The van der Waals surface area contributed by atoms with Gasteiger partial charge in [0.2, 0.25) is 10.0 Å². The van der Waals surface area contributed by atoms with Crippen molar-refractivity contribution in [1.29, 1.82) is 0 Å². The fourth-order valence-corrected chi connectivity index (χ4v) is 3.60. The smallest absolute Gasteiger partial charge is 0.240 e. The van der Waals surface area contributed by atoms with Crippen molar-refractivity contribution in [1.82, 2.24) is 4.72 Å². The fraction of sp³-hybridized carbons (Fsp3) is 0.278. The Kier molecular flexibility index (Phi) is 5.41. The molecule has 0 aliphatic rings. The average Bonchev–Trinajstić information content (AvgIpc) is 2.52. The van der Waals surface area contributed by atoms with Gasteiger partial charge in [-0.3, -0.25) is 4.79 Å². The van der Waals surface area contributed by atoms with E-state index in [1.54, 1.807) is 7.11 Å². The minimum absolute atomic E-state index is 0.105. The number of hydrogen-bond donors (Lipinski definition) is 1. The Hall–Kier alpha value is -2.18. The van der Waals surface area contributed by atoms with Gasteiger partial charge in [0, 0.05) is 17.7 Å². The summed E-state index contributed by atoms with van der Waals surface area (Å²) in [6.45, 7) is 5.44. The number of ether oxygens (including phenoxy) is 1. The maximum atomic E-state index is 12.4. The number of ketones is 1. The van der Waals surface area contributed by atoms with Crippen LogP contribution in [0.2, 0.25) is 0 Å². The van der Waals surface area contributed by atoms with Gasteiger partial charge in [-0.1, -0.05) is 29.8 Å². The number of Topliss-reactive ketones (excluding diaryl/α,β-unsaturated/α-hetero) is 1. The summed E-state index contributed by atoms with van der Waals surface area (Å²) in [4.78, 5) is 11.4. The van der Waals surface area contributed by atoms with Gasteiger partial charge in [0.05, 0.1) is 12.0 Å². The third-order valence-corrected chi connectivity index (χ3v) is 5.14. The molecule has 0 aliphatic heterocycles. The molecule has 0 saturated carbocycles. The van der Waals surface area contributed by atoms with E-state index in [2.05, 4.69) is 4.72 Å². The lowest BCUT2D eigenvalue weighted by Crippen LogP contribution is -2.23. The minimum Gasteiger partial charge on any atom is -0.496 e. The molecular weight excluding hydrogens is 326 g/mol. The van der Waals surface area contributed by atoms with Crippen LogP contribution in [-0.4, -0.2) is 21.3 Å². The first-order valence-corrected chi connectivity index (χ1v) is 8.97. The zero-order chi connectivity index (χ0) is 17.9. The van der Waals surface area contributed by atoms with Crippen LogP contribution in [0.15, 0.2) is 41.3 Å². The molecule has 128 valence electrons. The molecule has 0 unspecified atom stereocenters. The van der Waals surface area contributed by atoms with Gasteiger partial charge in [0.15, 0.2) is 5.78 Å². The number of sulfonamides is 1. The highest BCUT2D eigenvalue weighted by Gasteiger charge is 2.16. The zero-order valence-corrected chi connectivity index (χ0v) is 15.0. The summed E-state index contributed by atoms with van der Waals surface area (Å²) in [6.07, 6.45) is 0. The first kappa shape index (κ1) is 18.2. The Labute approximate surface area is 142 Å². The van der Waals surface area contributed by atoms with Crippen molar-refractivity contribution < 1.29 is 17.9 Å². The highest BCUT2D eigenvalue weighted by Crippen LogP contribution is 2.25. The molecule has 2 aromatic carbocycles. The molecule has 0 saturated heterocycles. The zero-order valence-electron chi connectivity index (χ0n) is 14.2. The molecule has 24 heavy (non-hydrogen) atoms. The molecule has 0 spiro atoms. The van der Waals surface area contributed by atoms with Crippen molar-refractivity contribution in [3.8, 4) is 5.75 Å². The van der Waals surface area contributed by atoms with Crippen LogP contribution < -0.4 is 9.46 Å². The van der Waals surface area contributed by atoms with E-state index in [1.165, 1.54) is 31.2 Å². The van der Waals surface area contributed by atoms with Gasteiger partial charge in [0.1, 0.15) is 5.75 Å². The molecule has 2 rings (SSSR count). The largest absolute Gasteiger partial charge is 0.496 e. The van der Waals surface area contributed by atoms with E-state index in [0.717, 1.165) is 16.7 Å². The van der Waals surface area contributed by atoms with Crippen molar-refractivity contribution in [2.75, 3.05) is 7.11 Å². The summed E-state index contributed by atoms with van der Waals surface area (Å²) >= 11 is 0. The maximum Gasteiger partial charge on any atom is 0.240 e. The molecule has 1 N–H and O–H groups in total. The van der Waals surface area contributed by atoms with Crippen LogP contribution in [0.4, 0.5) is 0 Å². The van der Waals surface area contributed by atoms with Gasteiger partial charge < -0.3 is 4.74 Å². The number of aryl methyl sites for hydroxylation is 2. The van der Waals surface area contributed by atoms with Gasteiger partial charge in [-0.25, -0.2) is 13.1 Å². The molecule has 0 bridgehead atoms. The van der Waals surface area contributed by atoms with E-state index in [4.69, 9.17) is 4.74 Å². The lowest BCUT2D eigenvalue weighted by atomic mass is 10.1. The molecule has 0 heterocycles. The van der Waals surface area contributed by atoms with E-state index in [9.17, 15) is 13.2 Å². The van der Waals surface area contributed by atoms with Crippen molar-refractivity contribution in [3.05, 3.63) is 58.7 Å². The number of benzene rings is 2. The standard InChI is InChI=1S/C18H21NO4S/c1-12-9-13(2)18(23-4)16(10-12)11-19-24(21,22)17-7-5-15(6-8-17)14(3)20/h5-10,19H,11H2,1-4H3. The fourth-order valence-electron chi connectivity index (χ4n) is 2.59. The first-order chi connectivity index (χ1) is 11.2. The van der Waals surface area contributed by atoms with E-state index < -0.39 is 10.0 Å². The monoisotopic (exact) mass is 347 g/mol. The van der Waals surface area contributed by atoms with Gasteiger partial charge in [-0.05, 0) is 38.5 Å². The Balaban J connectivity index is 2.23. The molecule has 6 heteroatoms. The normalized spacial score (nSPS) is 11.3. The summed E-state index contributed by atoms with van der Waals surface area (Å²) in [6, 6.07) is 9.75. The minimum atomic E-state index is -3.67. The second-order valence-electron chi connectivity index (χ2n) is 5.68. The van der Waals surface area contributed by atoms with Crippen molar-refractivity contribution >= 4 is 15.8 Å². The third-order valence-electron chi connectivity index (χ3n) is 3.72. The Morgan fingerprint density at radius 1 is 1.12 bits per heavy atom. The van der Waals surface area contributed by atoms with Gasteiger partial charge in [-0.15, -0.1) is 0 Å². The SMILES string of the molecule is COc1c(C)cc(C)cc1CNS(=O)(=O)c1ccc(C(C)=O)cc1. The topological polar surface area (TPSA) is 72.5 Å².